The summed E-state index contributed by atoms with van der Waals surface area (Å²) >= 11 is 0. The van der Waals surface area contributed by atoms with Gasteiger partial charge in [0.2, 0.25) is 0 Å². The van der Waals surface area contributed by atoms with E-state index in [1.165, 1.54) is 128 Å². The van der Waals surface area contributed by atoms with Gasteiger partial charge in [0.15, 0.2) is 0 Å². The predicted octanol–water partition coefficient (Wildman–Crippen LogP) is 10.8. The second kappa shape index (κ2) is 26.5. The molecule has 1 heterocycles. The van der Waals surface area contributed by atoms with Gasteiger partial charge in [0.1, 0.15) is 5.78 Å². The van der Waals surface area contributed by atoms with E-state index in [0.717, 1.165) is 25.7 Å². The van der Waals surface area contributed by atoms with Gasteiger partial charge >= 0.3 is 8.10 Å². The molecule has 1 saturated heterocycles. The molecule has 0 aromatic rings. The number of nitrogens with zero attached hydrogens (tertiary/aromatic N) is 1. The van der Waals surface area contributed by atoms with Crippen LogP contribution in [-0.2, 0) is 14.2 Å². The van der Waals surface area contributed by atoms with E-state index in [0.29, 0.717) is 25.3 Å². The molecule has 0 saturated carbocycles. The molecule has 3 unspecified atom stereocenters. The number of Topliss-reactive ketones (excluding diaryl/α,β-unsaturated/α-hetero) is 1. The molecular weight excluding hydrogens is 503 g/mol. The molecule has 39 heavy (non-hydrogen) atoms. The monoisotopic (exact) mass is 569 g/mol. The molecule has 6 heteroatoms. The van der Waals surface area contributed by atoms with Crippen LogP contribution in [0.15, 0.2) is 0 Å². The quantitative estimate of drug-likeness (QED) is 0.0717. The second-order valence-corrected chi connectivity index (χ2v) is 13.5. The topological polar surface area (TPSA) is 58.6 Å². The van der Waals surface area contributed by atoms with E-state index in [9.17, 15) is 9.36 Å². The third-order valence-corrected chi connectivity index (χ3v) is 9.57. The highest BCUT2D eigenvalue weighted by Gasteiger charge is 2.38. The van der Waals surface area contributed by atoms with Crippen LogP contribution in [0.2, 0.25) is 0 Å². The number of unbranched alkanes of at least 4 members (excludes halogenated alkanes) is 20. The van der Waals surface area contributed by atoms with Crippen LogP contribution in [-0.4, -0.2) is 29.8 Å². The van der Waals surface area contributed by atoms with Crippen LogP contribution in [0.4, 0.5) is 0 Å². The van der Waals surface area contributed by atoms with Crippen LogP contribution in [0.25, 0.3) is 0 Å². The molecule has 230 valence electrons. The summed E-state index contributed by atoms with van der Waals surface area (Å²) in [6.07, 6.45) is 31.3. The van der Waals surface area contributed by atoms with Gasteiger partial charge in [0.05, 0.1) is 19.2 Å². The van der Waals surface area contributed by atoms with Crippen molar-refractivity contribution in [2.45, 2.75) is 187 Å². The number of carbonyl (C=O) groups excluding carboxylic acids is 1. The Bertz CT molecular complexity index is 589. The average molecular weight is 570 g/mol. The lowest BCUT2D eigenvalue weighted by atomic mass is 9.93. The lowest BCUT2D eigenvalue weighted by Gasteiger charge is -2.19. The van der Waals surface area contributed by atoms with Crippen molar-refractivity contribution < 1.29 is 14.2 Å². The van der Waals surface area contributed by atoms with E-state index >= 15 is 0 Å². The zero-order chi connectivity index (χ0) is 28.4. The molecular formula is C33H66N2O3P+. The fourth-order valence-electron chi connectivity index (χ4n) is 5.61. The first-order valence-electron chi connectivity index (χ1n) is 17.3. The maximum Gasteiger partial charge on any atom is 0.560 e. The third-order valence-electron chi connectivity index (χ3n) is 8.37. The number of hydrogen-bond donors (Lipinski definition) is 1. The standard InChI is InChI=1S/C33H66N2O3P/c1-4-6-8-10-12-14-16-18-20-22-24-26-31(3)33(36)30-32(38-35-29-28-34-39(35)37)27-25-23-21-19-17-15-13-11-9-7-5-2/h31-32H,4-30H2,1-3H3,(H,34,37)/q+1. The number of rotatable bonds is 29. The number of hydrogen-bond acceptors (Lipinski definition) is 3. The Morgan fingerprint density at radius 2 is 1.10 bits per heavy atom. The van der Waals surface area contributed by atoms with Crippen LogP contribution in [0.1, 0.15) is 181 Å². The van der Waals surface area contributed by atoms with Crippen molar-refractivity contribution in [3.63, 3.8) is 0 Å². The number of carbonyl (C=O) groups is 1. The zero-order valence-corrected chi connectivity index (χ0v) is 27.3. The van der Waals surface area contributed by atoms with Gasteiger partial charge in [0, 0.05) is 17.2 Å². The van der Waals surface area contributed by atoms with E-state index in [1.54, 1.807) is 4.83 Å². The van der Waals surface area contributed by atoms with Gasteiger partial charge < -0.3 is 0 Å². The van der Waals surface area contributed by atoms with Crippen LogP contribution < -0.4 is 5.09 Å². The minimum Gasteiger partial charge on any atom is -0.299 e. The first-order chi connectivity index (χ1) is 19.1. The van der Waals surface area contributed by atoms with Crippen LogP contribution in [0, 0.1) is 5.92 Å². The maximum absolute atomic E-state index is 13.0. The number of ketones is 1. The molecule has 0 aliphatic carbocycles. The van der Waals surface area contributed by atoms with Crippen LogP contribution in [0.3, 0.4) is 0 Å². The molecule has 1 aliphatic rings. The second-order valence-electron chi connectivity index (χ2n) is 12.2. The normalized spacial score (nSPS) is 16.6. The molecule has 0 aromatic carbocycles. The van der Waals surface area contributed by atoms with E-state index in [2.05, 4.69) is 25.9 Å². The minimum absolute atomic E-state index is 0.0949. The molecule has 1 rings (SSSR count). The van der Waals surface area contributed by atoms with Crippen molar-refractivity contribution in [3.8, 4) is 0 Å². The molecule has 3 atom stereocenters. The summed E-state index contributed by atoms with van der Waals surface area (Å²) in [5, 5.41) is 2.95. The van der Waals surface area contributed by atoms with Crippen molar-refractivity contribution in [2.75, 3.05) is 13.1 Å². The summed E-state index contributed by atoms with van der Waals surface area (Å²) < 4.78 is 12.2. The van der Waals surface area contributed by atoms with E-state index < -0.39 is 8.10 Å². The Kier molecular flexibility index (Phi) is 25.0. The Morgan fingerprint density at radius 3 is 1.51 bits per heavy atom. The molecule has 1 aliphatic heterocycles. The van der Waals surface area contributed by atoms with Crippen molar-refractivity contribution in [3.05, 3.63) is 0 Å². The van der Waals surface area contributed by atoms with Gasteiger partial charge in [-0.15, -0.1) is 0 Å². The van der Waals surface area contributed by atoms with Gasteiger partial charge in [-0.1, -0.05) is 167 Å². The highest BCUT2D eigenvalue weighted by Crippen LogP contribution is 2.30. The van der Waals surface area contributed by atoms with Gasteiger partial charge in [-0.3, -0.25) is 9.63 Å². The summed E-state index contributed by atoms with van der Waals surface area (Å²) in [4.78, 5) is 20.7. The summed E-state index contributed by atoms with van der Waals surface area (Å²) in [7, 11) is -1.66. The van der Waals surface area contributed by atoms with Crippen molar-refractivity contribution >= 4 is 13.9 Å². The number of nitrogens with one attached hydrogen (secondary N) is 1. The molecule has 1 N–H and O–H groups in total. The minimum atomic E-state index is -1.66. The Labute approximate surface area is 244 Å². The van der Waals surface area contributed by atoms with Gasteiger partial charge in [-0.25, -0.2) is 0 Å². The Morgan fingerprint density at radius 1 is 0.692 bits per heavy atom. The van der Waals surface area contributed by atoms with Gasteiger partial charge in [-0.2, -0.15) is 0 Å². The third kappa shape index (κ3) is 21.1. The summed E-state index contributed by atoms with van der Waals surface area (Å²) in [5.41, 5.74) is 0. The summed E-state index contributed by atoms with van der Waals surface area (Å²) in [6, 6.07) is 0. The van der Waals surface area contributed by atoms with Crippen molar-refractivity contribution in [1.29, 1.82) is 0 Å². The Hall–Kier alpha value is -0.350. The molecule has 5 nitrogen and oxygen atoms in total. The highest BCUT2D eigenvalue weighted by atomic mass is 31.1. The molecule has 0 aromatic heterocycles. The molecule has 0 radical (unpaired) electrons. The van der Waals surface area contributed by atoms with E-state index in [1.807, 2.05) is 0 Å². The maximum atomic E-state index is 13.0. The van der Waals surface area contributed by atoms with E-state index in [-0.39, 0.29) is 12.0 Å². The first kappa shape index (κ1) is 36.7. The van der Waals surface area contributed by atoms with Crippen LogP contribution >= 0.6 is 8.10 Å². The Balaban J connectivity index is 2.20. The molecule has 0 spiro atoms. The predicted molar refractivity (Wildman–Crippen MR) is 168 cm³/mol. The van der Waals surface area contributed by atoms with Crippen LogP contribution in [0.5, 0.6) is 0 Å². The molecule has 0 amide bonds. The van der Waals surface area contributed by atoms with Gasteiger partial charge in [0.25, 0.3) is 0 Å². The number of hydroxylamine groups is 1. The van der Waals surface area contributed by atoms with E-state index in [4.69, 9.17) is 4.84 Å². The zero-order valence-electron chi connectivity index (χ0n) is 26.4. The average Bonchev–Trinajstić information content (AvgIpc) is 3.33. The fraction of sp³-hybridized carbons (Fsp3) is 0.970. The lowest BCUT2D eigenvalue weighted by molar-refractivity contribution is -0.146. The smallest absolute Gasteiger partial charge is 0.299 e. The fourth-order valence-corrected chi connectivity index (χ4v) is 6.56. The first-order valence-corrected chi connectivity index (χ1v) is 18.5. The van der Waals surface area contributed by atoms with Gasteiger partial charge in [-0.05, 0) is 17.4 Å². The summed E-state index contributed by atoms with van der Waals surface area (Å²) in [5.74, 6) is 0.412. The largest absolute Gasteiger partial charge is 0.560 e. The van der Waals surface area contributed by atoms with Crippen molar-refractivity contribution in [2.24, 2.45) is 5.92 Å². The molecule has 1 fully saturated rings. The SMILES string of the molecule is CCCCCCCCCCCCCC(CC(=O)C(C)CCCCCCCCCCCCC)ON1CCN[P+]1=O. The lowest BCUT2D eigenvalue weighted by Crippen LogP contribution is -2.27. The highest BCUT2D eigenvalue weighted by molar-refractivity contribution is 7.39. The molecule has 0 bridgehead atoms. The van der Waals surface area contributed by atoms with Crippen molar-refractivity contribution in [1.82, 2.24) is 9.92 Å². The summed E-state index contributed by atoms with van der Waals surface area (Å²) in [6.45, 7) is 7.95.